The maximum atomic E-state index is 11.8. The molecule has 1 spiro atoms. The van der Waals surface area contributed by atoms with E-state index < -0.39 is 0 Å². The van der Waals surface area contributed by atoms with Gasteiger partial charge in [0.1, 0.15) is 0 Å². The number of piperidine rings is 1. The summed E-state index contributed by atoms with van der Waals surface area (Å²) in [4.78, 5) is 13.8. The standard InChI is InChI=1S/C12H22N2O2/c1-9(2)11(15)14-6-4-12(5-7-14)10(13)3-8-16-12/h9-10H,3-8,13H2,1-2H3. The van der Waals surface area contributed by atoms with Crippen molar-refractivity contribution in [3.05, 3.63) is 0 Å². The SMILES string of the molecule is CC(C)C(=O)N1CCC2(CC1)OCCC2N. The van der Waals surface area contributed by atoms with Crippen molar-refractivity contribution in [3.8, 4) is 0 Å². The zero-order chi connectivity index (χ0) is 11.8. The summed E-state index contributed by atoms with van der Waals surface area (Å²) < 4.78 is 5.82. The van der Waals surface area contributed by atoms with Gasteiger partial charge < -0.3 is 15.4 Å². The second-order valence-electron chi connectivity index (χ2n) is 5.29. The summed E-state index contributed by atoms with van der Waals surface area (Å²) in [6.45, 7) is 6.27. The van der Waals surface area contributed by atoms with Crippen LogP contribution in [0.4, 0.5) is 0 Å². The van der Waals surface area contributed by atoms with Crippen molar-refractivity contribution >= 4 is 5.91 Å². The van der Waals surface area contributed by atoms with Crippen LogP contribution in [0.5, 0.6) is 0 Å². The number of likely N-dealkylation sites (tertiary alicyclic amines) is 1. The van der Waals surface area contributed by atoms with E-state index in [1.165, 1.54) is 0 Å². The minimum atomic E-state index is -0.131. The first kappa shape index (κ1) is 11.9. The van der Waals surface area contributed by atoms with Gasteiger partial charge in [0.05, 0.1) is 5.60 Å². The Morgan fingerprint density at radius 3 is 2.50 bits per heavy atom. The average Bonchev–Trinajstić information content (AvgIpc) is 2.61. The molecule has 1 amide bonds. The highest BCUT2D eigenvalue weighted by Gasteiger charge is 2.45. The lowest BCUT2D eigenvalue weighted by molar-refractivity contribution is -0.139. The van der Waals surface area contributed by atoms with Crippen molar-refractivity contribution < 1.29 is 9.53 Å². The number of carbonyl (C=O) groups is 1. The molecule has 0 aliphatic carbocycles. The van der Waals surface area contributed by atoms with E-state index >= 15 is 0 Å². The first-order chi connectivity index (χ1) is 7.55. The van der Waals surface area contributed by atoms with E-state index in [2.05, 4.69) is 0 Å². The van der Waals surface area contributed by atoms with Gasteiger partial charge in [-0.15, -0.1) is 0 Å². The fourth-order valence-corrected chi connectivity index (χ4v) is 2.75. The zero-order valence-corrected chi connectivity index (χ0v) is 10.2. The summed E-state index contributed by atoms with van der Waals surface area (Å²) in [5.41, 5.74) is 5.97. The van der Waals surface area contributed by atoms with Crippen LogP contribution < -0.4 is 5.73 Å². The number of amides is 1. The molecule has 0 aromatic heterocycles. The van der Waals surface area contributed by atoms with E-state index in [9.17, 15) is 4.79 Å². The van der Waals surface area contributed by atoms with Crippen LogP contribution in [0.15, 0.2) is 0 Å². The number of rotatable bonds is 1. The maximum absolute atomic E-state index is 11.8. The molecule has 2 rings (SSSR count). The average molecular weight is 226 g/mol. The lowest BCUT2D eigenvalue weighted by atomic mass is 9.85. The smallest absolute Gasteiger partial charge is 0.225 e. The first-order valence-corrected chi connectivity index (χ1v) is 6.23. The molecule has 2 aliphatic heterocycles. The predicted molar refractivity (Wildman–Crippen MR) is 61.9 cm³/mol. The van der Waals surface area contributed by atoms with Gasteiger partial charge in [0.15, 0.2) is 0 Å². The summed E-state index contributed by atoms with van der Waals surface area (Å²) in [5.74, 6) is 0.341. The number of hydrogen-bond acceptors (Lipinski definition) is 3. The van der Waals surface area contributed by atoms with Gasteiger partial charge in [0.25, 0.3) is 0 Å². The highest BCUT2D eigenvalue weighted by molar-refractivity contribution is 5.78. The monoisotopic (exact) mass is 226 g/mol. The summed E-state index contributed by atoms with van der Waals surface area (Å²) in [5, 5.41) is 0. The molecular weight excluding hydrogens is 204 g/mol. The van der Waals surface area contributed by atoms with E-state index in [-0.39, 0.29) is 23.5 Å². The van der Waals surface area contributed by atoms with Gasteiger partial charge in [-0.3, -0.25) is 4.79 Å². The molecule has 2 N–H and O–H groups in total. The third-order valence-electron chi connectivity index (χ3n) is 3.91. The number of nitrogens with zero attached hydrogens (tertiary/aromatic N) is 1. The van der Waals surface area contributed by atoms with Crippen molar-refractivity contribution in [2.24, 2.45) is 11.7 Å². The lowest BCUT2D eigenvalue weighted by Crippen LogP contribution is -2.54. The molecule has 92 valence electrons. The number of nitrogens with two attached hydrogens (primary N) is 1. The van der Waals surface area contributed by atoms with Gasteiger partial charge in [-0.05, 0) is 19.3 Å². The Bertz CT molecular complexity index is 270. The highest BCUT2D eigenvalue weighted by Crippen LogP contribution is 2.35. The van der Waals surface area contributed by atoms with Gasteiger partial charge >= 0.3 is 0 Å². The van der Waals surface area contributed by atoms with E-state index in [1.807, 2.05) is 18.7 Å². The van der Waals surface area contributed by atoms with Crippen molar-refractivity contribution in [1.82, 2.24) is 4.90 Å². The van der Waals surface area contributed by atoms with Crippen molar-refractivity contribution in [2.75, 3.05) is 19.7 Å². The molecule has 4 nitrogen and oxygen atoms in total. The molecular formula is C12H22N2O2. The van der Waals surface area contributed by atoms with E-state index in [0.29, 0.717) is 0 Å². The van der Waals surface area contributed by atoms with Crippen LogP contribution in [-0.2, 0) is 9.53 Å². The molecule has 1 unspecified atom stereocenters. The van der Waals surface area contributed by atoms with E-state index in [4.69, 9.17) is 10.5 Å². The molecule has 0 bridgehead atoms. The fourth-order valence-electron chi connectivity index (χ4n) is 2.75. The summed E-state index contributed by atoms with van der Waals surface area (Å²) in [7, 11) is 0. The second-order valence-corrected chi connectivity index (χ2v) is 5.29. The molecule has 0 radical (unpaired) electrons. The van der Waals surface area contributed by atoms with Crippen LogP contribution in [0.3, 0.4) is 0 Å². The summed E-state index contributed by atoms with van der Waals surface area (Å²) in [6.07, 6.45) is 2.75. The van der Waals surface area contributed by atoms with Crippen LogP contribution in [0.25, 0.3) is 0 Å². The summed E-state index contributed by atoms with van der Waals surface area (Å²) in [6, 6.07) is 0.156. The Labute approximate surface area is 97.1 Å². The third kappa shape index (κ3) is 1.96. The molecule has 2 aliphatic rings. The van der Waals surface area contributed by atoms with Crippen LogP contribution >= 0.6 is 0 Å². The van der Waals surface area contributed by atoms with Gasteiger partial charge in [0, 0.05) is 31.7 Å². The van der Waals surface area contributed by atoms with Gasteiger partial charge in [0.2, 0.25) is 5.91 Å². The minimum absolute atomic E-state index is 0.0900. The lowest BCUT2D eigenvalue weighted by Gasteiger charge is -2.41. The van der Waals surface area contributed by atoms with Crippen molar-refractivity contribution in [1.29, 1.82) is 0 Å². The largest absolute Gasteiger partial charge is 0.373 e. The Morgan fingerprint density at radius 1 is 1.44 bits per heavy atom. The first-order valence-electron chi connectivity index (χ1n) is 6.23. The molecule has 0 aromatic rings. The Kier molecular flexibility index (Phi) is 3.22. The molecule has 4 heteroatoms. The molecule has 2 saturated heterocycles. The number of ether oxygens (including phenoxy) is 1. The second kappa shape index (κ2) is 4.34. The molecule has 2 fully saturated rings. The van der Waals surface area contributed by atoms with Gasteiger partial charge in [-0.25, -0.2) is 0 Å². The number of hydrogen-bond donors (Lipinski definition) is 1. The molecule has 0 aromatic carbocycles. The zero-order valence-electron chi connectivity index (χ0n) is 10.2. The predicted octanol–water partition coefficient (Wildman–Crippen LogP) is 0.751. The molecule has 0 saturated carbocycles. The maximum Gasteiger partial charge on any atom is 0.225 e. The van der Waals surface area contributed by atoms with Gasteiger partial charge in [-0.1, -0.05) is 13.8 Å². The number of carbonyl (C=O) groups excluding carboxylic acids is 1. The quantitative estimate of drug-likeness (QED) is 0.718. The fraction of sp³-hybridized carbons (Fsp3) is 0.917. The third-order valence-corrected chi connectivity index (χ3v) is 3.91. The Balaban J connectivity index is 1.94. The molecule has 16 heavy (non-hydrogen) atoms. The minimum Gasteiger partial charge on any atom is -0.373 e. The van der Waals surface area contributed by atoms with Crippen LogP contribution in [0.2, 0.25) is 0 Å². The van der Waals surface area contributed by atoms with Crippen molar-refractivity contribution in [3.63, 3.8) is 0 Å². The van der Waals surface area contributed by atoms with Crippen LogP contribution in [-0.4, -0.2) is 42.1 Å². The Hall–Kier alpha value is -0.610. The van der Waals surface area contributed by atoms with E-state index in [0.717, 1.165) is 39.0 Å². The van der Waals surface area contributed by atoms with Crippen molar-refractivity contribution in [2.45, 2.75) is 44.8 Å². The molecule has 2 heterocycles. The van der Waals surface area contributed by atoms with Crippen LogP contribution in [0, 0.1) is 5.92 Å². The van der Waals surface area contributed by atoms with Crippen LogP contribution in [0.1, 0.15) is 33.1 Å². The topological polar surface area (TPSA) is 55.6 Å². The summed E-state index contributed by atoms with van der Waals surface area (Å²) >= 11 is 0. The highest BCUT2D eigenvalue weighted by atomic mass is 16.5. The normalized spacial score (nSPS) is 29.0. The molecule has 1 atom stereocenters. The van der Waals surface area contributed by atoms with E-state index in [1.54, 1.807) is 0 Å². The Morgan fingerprint density at radius 2 is 2.06 bits per heavy atom. The van der Waals surface area contributed by atoms with Gasteiger partial charge in [-0.2, -0.15) is 0 Å².